The van der Waals surface area contributed by atoms with Crippen LogP contribution in [0, 0.1) is 0 Å². The van der Waals surface area contributed by atoms with Gasteiger partial charge < -0.3 is 0 Å². The van der Waals surface area contributed by atoms with Gasteiger partial charge in [0.15, 0.2) is 5.78 Å². The van der Waals surface area contributed by atoms with E-state index in [2.05, 4.69) is 0 Å². The van der Waals surface area contributed by atoms with E-state index in [0.717, 1.165) is 21.7 Å². The van der Waals surface area contributed by atoms with Crippen LogP contribution in [-0.2, 0) is 0 Å². The molecule has 17 heavy (non-hydrogen) atoms. The summed E-state index contributed by atoms with van der Waals surface area (Å²) in [5, 5.41) is 0.722. The number of rotatable bonds is 1. The smallest absolute Gasteiger partial charge is 0.164 e. The Morgan fingerprint density at radius 1 is 1.06 bits per heavy atom. The lowest BCUT2D eigenvalue weighted by Crippen LogP contribution is -1.96. The summed E-state index contributed by atoms with van der Waals surface area (Å²) in [6, 6.07) is 15.6. The maximum absolute atomic E-state index is 11.9. The number of fused-ring (bicyclic) bond motifs is 1. The molecule has 0 saturated carbocycles. The Kier molecular flexibility index (Phi) is 2.49. The van der Waals surface area contributed by atoms with Gasteiger partial charge in [-0.25, -0.2) is 0 Å². The number of carbonyl (C=O) groups excluding carboxylic acids is 1. The topological polar surface area (TPSA) is 17.1 Å². The summed E-state index contributed by atoms with van der Waals surface area (Å²) in [7, 11) is 0. The summed E-state index contributed by atoms with van der Waals surface area (Å²) in [4.78, 5) is 11.9. The van der Waals surface area contributed by atoms with Crippen molar-refractivity contribution in [3.8, 4) is 0 Å². The molecule has 1 aliphatic carbocycles. The average Bonchev–Trinajstić information content (AvgIpc) is 2.68. The molecule has 1 atom stereocenters. The van der Waals surface area contributed by atoms with E-state index >= 15 is 0 Å². The molecule has 2 heteroatoms. The Labute approximate surface area is 105 Å². The fraction of sp³-hybridized carbons (Fsp3) is 0.133. The van der Waals surface area contributed by atoms with Crippen LogP contribution in [-0.4, -0.2) is 5.78 Å². The highest BCUT2D eigenvalue weighted by Crippen LogP contribution is 2.38. The minimum absolute atomic E-state index is 0.164. The van der Waals surface area contributed by atoms with Crippen LogP contribution in [0.3, 0.4) is 0 Å². The number of benzene rings is 2. The zero-order chi connectivity index (χ0) is 11.8. The SMILES string of the molecule is O=C1C[C@H](c2cccc(Cl)c2)c2ccccc21. The molecule has 0 amide bonds. The van der Waals surface area contributed by atoms with Crippen LogP contribution in [0.25, 0.3) is 0 Å². The summed E-state index contributed by atoms with van der Waals surface area (Å²) in [5.41, 5.74) is 3.10. The third-order valence-corrected chi connectivity index (χ3v) is 3.51. The number of Topliss-reactive ketones (excluding diaryl/α,β-unsaturated/α-hetero) is 1. The van der Waals surface area contributed by atoms with Crippen molar-refractivity contribution in [2.24, 2.45) is 0 Å². The van der Waals surface area contributed by atoms with Gasteiger partial charge in [0.25, 0.3) is 0 Å². The van der Waals surface area contributed by atoms with Gasteiger partial charge >= 0.3 is 0 Å². The van der Waals surface area contributed by atoms with E-state index in [1.54, 1.807) is 0 Å². The molecule has 3 rings (SSSR count). The van der Waals surface area contributed by atoms with E-state index in [1.807, 2.05) is 48.5 Å². The predicted octanol–water partition coefficient (Wildman–Crippen LogP) is 4.06. The molecular weight excluding hydrogens is 232 g/mol. The quantitative estimate of drug-likeness (QED) is 0.737. The minimum Gasteiger partial charge on any atom is -0.294 e. The van der Waals surface area contributed by atoms with Gasteiger partial charge in [-0.2, -0.15) is 0 Å². The number of hydrogen-bond acceptors (Lipinski definition) is 1. The van der Waals surface area contributed by atoms with Crippen LogP contribution in [0.4, 0.5) is 0 Å². The molecule has 0 saturated heterocycles. The second kappa shape index (κ2) is 4.01. The molecule has 0 unspecified atom stereocenters. The van der Waals surface area contributed by atoms with E-state index < -0.39 is 0 Å². The van der Waals surface area contributed by atoms with Crippen molar-refractivity contribution in [2.45, 2.75) is 12.3 Å². The van der Waals surface area contributed by atoms with Gasteiger partial charge in [-0.05, 0) is 23.3 Å². The lowest BCUT2D eigenvalue weighted by molar-refractivity contribution is 0.0991. The predicted molar refractivity (Wildman–Crippen MR) is 68.7 cm³/mol. The Morgan fingerprint density at radius 2 is 1.88 bits per heavy atom. The summed E-state index contributed by atoms with van der Waals surface area (Å²) in [6.07, 6.45) is 0.555. The summed E-state index contributed by atoms with van der Waals surface area (Å²) < 4.78 is 0. The first-order chi connectivity index (χ1) is 8.25. The van der Waals surface area contributed by atoms with Gasteiger partial charge in [-0.3, -0.25) is 4.79 Å². The molecular formula is C15H11ClO. The molecule has 0 N–H and O–H groups in total. The van der Waals surface area contributed by atoms with Crippen LogP contribution >= 0.6 is 11.6 Å². The number of hydrogen-bond donors (Lipinski definition) is 0. The highest BCUT2D eigenvalue weighted by Gasteiger charge is 2.29. The van der Waals surface area contributed by atoms with Gasteiger partial charge in [0.1, 0.15) is 0 Å². The Hall–Kier alpha value is -1.60. The Balaban J connectivity index is 2.10. The maximum atomic E-state index is 11.9. The van der Waals surface area contributed by atoms with Gasteiger partial charge in [0, 0.05) is 22.9 Å². The van der Waals surface area contributed by atoms with Crippen LogP contribution in [0.5, 0.6) is 0 Å². The first-order valence-electron chi connectivity index (χ1n) is 5.63. The lowest BCUT2D eigenvalue weighted by Gasteiger charge is -2.11. The van der Waals surface area contributed by atoms with Gasteiger partial charge in [0.2, 0.25) is 0 Å². The highest BCUT2D eigenvalue weighted by atomic mass is 35.5. The normalized spacial score (nSPS) is 18.2. The third-order valence-electron chi connectivity index (χ3n) is 3.28. The Morgan fingerprint density at radius 3 is 2.71 bits per heavy atom. The summed E-state index contributed by atoms with van der Waals surface area (Å²) >= 11 is 6.00. The van der Waals surface area contributed by atoms with Crippen molar-refractivity contribution in [1.29, 1.82) is 0 Å². The van der Waals surface area contributed by atoms with E-state index in [9.17, 15) is 4.79 Å². The molecule has 0 radical (unpaired) electrons. The minimum atomic E-state index is 0.164. The zero-order valence-corrected chi connectivity index (χ0v) is 9.95. The highest BCUT2D eigenvalue weighted by molar-refractivity contribution is 6.30. The van der Waals surface area contributed by atoms with Gasteiger partial charge in [0.05, 0.1) is 0 Å². The molecule has 0 heterocycles. The number of carbonyl (C=O) groups is 1. The van der Waals surface area contributed by atoms with Gasteiger partial charge in [-0.15, -0.1) is 0 Å². The molecule has 0 aromatic heterocycles. The van der Waals surface area contributed by atoms with Crippen molar-refractivity contribution >= 4 is 17.4 Å². The fourth-order valence-electron chi connectivity index (χ4n) is 2.48. The van der Waals surface area contributed by atoms with Crippen molar-refractivity contribution in [3.05, 3.63) is 70.2 Å². The lowest BCUT2D eigenvalue weighted by atomic mass is 9.93. The van der Waals surface area contributed by atoms with E-state index in [0.29, 0.717) is 6.42 Å². The first-order valence-corrected chi connectivity index (χ1v) is 6.01. The van der Waals surface area contributed by atoms with Crippen molar-refractivity contribution in [2.75, 3.05) is 0 Å². The summed E-state index contributed by atoms with van der Waals surface area (Å²) in [6.45, 7) is 0. The van der Waals surface area contributed by atoms with Gasteiger partial charge in [-0.1, -0.05) is 48.0 Å². The molecule has 0 fully saturated rings. The Bertz CT molecular complexity index is 589. The first kappa shape index (κ1) is 10.5. The zero-order valence-electron chi connectivity index (χ0n) is 9.19. The van der Waals surface area contributed by atoms with Crippen molar-refractivity contribution in [1.82, 2.24) is 0 Å². The van der Waals surface area contributed by atoms with Crippen LogP contribution in [0.1, 0.15) is 33.8 Å². The van der Waals surface area contributed by atoms with Crippen LogP contribution < -0.4 is 0 Å². The molecule has 0 spiro atoms. The molecule has 0 aliphatic heterocycles. The second-order valence-corrected chi connectivity index (χ2v) is 4.76. The van der Waals surface area contributed by atoms with Crippen LogP contribution in [0.15, 0.2) is 48.5 Å². The van der Waals surface area contributed by atoms with Crippen LogP contribution in [0.2, 0.25) is 5.02 Å². The molecule has 1 aliphatic rings. The number of halogens is 1. The molecule has 2 aromatic carbocycles. The standard InChI is InChI=1S/C15H11ClO/c16-11-5-3-4-10(8-11)14-9-15(17)13-7-2-1-6-12(13)14/h1-8,14H,9H2/t14-/m1/s1. The van der Waals surface area contributed by atoms with E-state index in [-0.39, 0.29) is 11.7 Å². The average molecular weight is 243 g/mol. The molecule has 2 aromatic rings. The molecule has 1 nitrogen and oxygen atoms in total. The second-order valence-electron chi connectivity index (χ2n) is 4.32. The molecule has 0 bridgehead atoms. The van der Waals surface area contributed by atoms with Crippen molar-refractivity contribution < 1.29 is 4.79 Å². The third kappa shape index (κ3) is 1.77. The van der Waals surface area contributed by atoms with E-state index in [1.165, 1.54) is 0 Å². The largest absolute Gasteiger partial charge is 0.294 e. The van der Waals surface area contributed by atoms with E-state index in [4.69, 9.17) is 11.6 Å². The maximum Gasteiger partial charge on any atom is 0.164 e. The monoisotopic (exact) mass is 242 g/mol. The number of ketones is 1. The van der Waals surface area contributed by atoms with Crippen molar-refractivity contribution in [3.63, 3.8) is 0 Å². The molecule has 84 valence electrons. The summed E-state index contributed by atoms with van der Waals surface area (Å²) in [5.74, 6) is 0.392. The fourth-order valence-corrected chi connectivity index (χ4v) is 2.68.